The molecule has 4 aromatic rings. The van der Waals surface area contributed by atoms with Gasteiger partial charge in [-0.25, -0.2) is 26.9 Å². The van der Waals surface area contributed by atoms with Gasteiger partial charge in [0.25, 0.3) is 0 Å². The second kappa shape index (κ2) is 9.36. The van der Waals surface area contributed by atoms with Gasteiger partial charge < -0.3 is 0 Å². The summed E-state index contributed by atoms with van der Waals surface area (Å²) >= 11 is 0. The molecule has 180 valence electrons. The molecular formula is C24H26F4N6. The quantitative estimate of drug-likeness (QED) is 0.266. The first-order chi connectivity index (χ1) is 15.8. The number of aromatic nitrogens is 6. The highest BCUT2D eigenvalue weighted by atomic mass is 19.2. The van der Waals surface area contributed by atoms with E-state index in [4.69, 9.17) is 0 Å². The van der Waals surface area contributed by atoms with Crippen molar-refractivity contribution in [1.29, 1.82) is 0 Å². The number of nitrogens with zero attached hydrogens (tertiary/aromatic N) is 6. The zero-order valence-electron chi connectivity index (χ0n) is 19.8. The fourth-order valence-electron chi connectivity index (χ4n) is 2.80. The highest BCUT2D eigenvalue weighted by Gasteiger charge is 2.18. The lowest BCUT2D eigenvalue weighted by atomic mass is 10.1. The van der Waals surface area contributed by atoms with Crippen LogP contribution in [0.4, 0.5) is 17.6 Å². The van der Waals surface area contributed by atoms with Gasteiger partial charge in [-0.2, -0.15) is 0 Å². The van der Waals surface area contributed by atoms with Gasteiger partial charge in [-0.15, -0.1) is 10.2 Å². The molecule has 0 saturated carbocycles. The summed E-state index contributed by atoms with van der Waals surface area (Å²) in [6.07, 6.45) is 3.39. The van der Waals surface area contributed by atoms with Crippen molar-refractivity contribution in [2.45, 2.75) is 52.6 Å². The van der Waals surface area contributed by atoms with Crippen LogP contribution in [-0.2, 0) is 11.1 Å². The predicted octanol–water partition coefficient (Wildman–Crippen LogP) is 5.96. The maximum absolute atomic E-state index is 13.1. The number of hydrogen-bond acceptors (Lipinski definition) is 4. The Balaban J connectivity index is 0.000000192. The Morgan fingerprint density at radius 1 is 0.647 bits per heavy atom. The number of rotatable bonds is 2. The summed E-state index contributed by atoms with van der Waals surface area (Å²) in [4.78, 5) is 0. The number of halogens is 4. The van der Waals surface area contributed by atoms with Gasteiger partial charge in [-0.05, 0) is 65.8 Å². The van der Waals surface area contributed by atoms with E-state index in [2.05, 4.69) is 20.6 Å². The van der Waals surface area contributed by atoms with Crippen molar-refractivity contribution in [2.24, 2.45) is 0 Å². The van der Waals surface area contributed by atoms with E-state index in [1.165, 1.54) is 12.1 Å². The third kappa shape index (κ3) is 5.86. The minimum absolute atomic E-state index is 0.113. The largest absolute Gasteiger partial charge is 0.247 e. The highest BCUT2D eigenvalue weighted by molar-refractivity contribution is 5.58. The van der Waals surface area contributed by atoms with Gasteiger partial charge in [0.1, 0.15) is 17.2 Å². The Morgan fingerprint density at radius 2 is 1.12 bits per heavy atom. The molecule has 0 bridgehead atoms. The second-order valence-electron chi connectivity index (χ2n) is 9.70. The van der Waals surface area contributed by atoms with Gasteiger partial charge in [0, 0.05) is 11.1 Å². The first kappa shape index (κ1) is 25.1. The van der Waals surface area contributed by atoms with Gasteiger partial charge in [0.2, 0.25) is 0 Å². The van der Waals surface area contributed by atoms with E-state index < -0.39 is 17.5 Å². The number of hydrogen-bond donors (Lipinski definition) is 0. The molecule has 0 radical (unpaired) electrons. The van der Waals surface area contributed by atoms with Crippen LogP contribution in [0.25, 0.3) is 22.5 Å². The Bertz CT molecular complexity index is 1260. The van der Waals surface area contributed by atoms with Crippen molar-refractivity contribution in [3.63, 3.8) is 0 Å². The van der Waals surface area contributed by atoms with E-state index in [0.717, 1.165) is 17.7 Å². The van der Waals surface area contributed by atoms with Crippen molar-refractivity contribution in [3.8, 4) is 22.5 Å². The van der Waals surface area contributed by atoms with Crippen LogP contribution in [0.15, 0.2) is 48.8 Å². The lowest BCUT2D eigenvalue weighted by molar-refractivity contribution is 0.346. The zero-order valence-corrected chi connectivity index (χ0v) is 19.8. The molecule has 34 heavy (non-hydrogen) atoms. The topological polar surface area (TPSA) is 61.4 Å². The zero-order chi connectivity index (χ0) is 25.3. The van der Waals surface area contributed by atoms with Gasteiger partial charge in [0.15, 0.2) is 17.5 Å². The molecule has 6 nitrogen and oxygen atoms in total. The monoisotopic (exact) mass is 474 g/mol. The molecule has 0 amide bonds. The molecule has 2 aromatic carbocycles. The normalized spacial score (nSPS) is 11.8. The van der Waals surface area contributed by atoms with E-state index in [1.807, 2.05) is 53.8 Å². The average molecular weight is 475 g/mol. The summed E-state index contributed by atoms with van der Waals surface area (Å²) in [5.41, 5.74) is 1.48. The van der Waals surface area contributed by atoms with Crippen molar-refractivity contribution in [2.75, 3.05) is 0 Å². The van der Waals surface area contributed by atoms with Gasteiger partial charge in [0.05, 0.1) is 23.5 Å². The first-order valence-electron chi connectivity index (χ1n) is 10.5. The summed E-state index contributed by atoms with van der Waals surface area (Å²) in [6.45, 7) is 11.9. The van der Waals surface area contributed by atoms with Crippen LogP contribution in [0, 0.1) is 23.3 Å². The summed E-state index contributed by atoms with van der Waals surface area (Å²) in [5.74, 6) is -4.23. The minimum atomic E-state index is -1.48. The molecule has 0 unspecified atom stereocenters. The molecule has 2 heterocycles. The van der Waals surface area contributed by atoms with E-state index in [1.54, 1.807) is 21.6 Å². The van der Waals surface area contributed by atoms with Gasteiger partial charge in [-0.3, -0.25) is 0 Å². The fourth-order valence-corrected chi connectivity index (χ4v) is 2.80. The molecule has 4 rings (SSSR count). The van der Waals surface area contributed by atoms with Crippen LogP contribution >= 0.6 is 0 Å². The van der Waals surface area contributed by atoms with E-state index in [0.29, 0.717) is 11.4 Å². The predicted molar refractivity (Wildman–Crippen MR) is 121 cm³/mol. The van der Waals surface area contributed by atoms with Gasteiger partial charge >= 0.3 is 0 Å². The Labute approximate surface area is 195 Å². The van der Waals surface area contributed by atoms with Crippen LogP contribution in [0.5, 0.6) is 0 Å². The maximum Gasteiger partial charge on any atom is 0.194 e. The summed E-state index contributed by atoms with van der Waals surface area (Å²) < 4.78 is 55.4. The second-order valence-corrected chi connectivity index (χ2v) is 9.70. The van der Waals surface area contributed by atoms with E-state index in [-0.39, 0.29) is 22.5 Å². The molecule has 0 N–H and O–H groups in total. The van der Waals surface area contributed by atoms with Crippen LogP contribution < -0.4 is 0 Å². The van der Waals surface area contributed by atoms with Crippen LogP contribution in [0.3, 0.4) is 0 Å². The van der Waals surface area contributed by atoms with E-state index >= 15 is 0 Å². The van der Waals surface area contributed by atoms with Crippen molar-refractivity contribution in [3.05, 3.63) is 72.1 Å². The first-order valence-corrected chi connectivity index (χ1v) is 10.5. The summed E-state index contributed by atoms with van der Waals surface area (Å²) in [5, 5.41) is 15.8. The van der Waals surface area contributed by atoms with Crippen LogP contribution in [0.1, 0.15) is 41.5 Å². The number of benzene rings is 2. The molecule has 0 saturated heterocycles. The summed E-state index contributed by atoms with van der Waals surface area (Å²) in [7, 11) is 0. The van der Waals surface area contributed by atoms with Crippen molar-refractivity contribution >= 4 is 0 Å². The standard InChI is InChI=1S/C12H12F3N3.C12H14FN3/c1-12(2,3)18-6-10(16-17-18)7-4-8(13)11(15)9(14)5-7;1-12(2,3)16-8-11(14-15-16)9-5-4-6-10(13)7-9/h4-6H,1-3H3;4-8H,1-3H3. The smallest absolute Gasteiger partial charge is 0.194 e. The highest BCUT2D eigenvalue weighted by Crippen LogP contribution is 2.23. The fraction of sp³-hybridized carbons (Fsp3) is 0.333. The molecule has 2 aromatic heterocycles. The van der Waals surface area contributed by atoms with Crippen LogP contribution in [0.2, 0.25) is 0 Å². The van der Waals surface area contributed by atoms with Gasteiger partial charge in [-0.1, -0.05) is 22.6 Å². The lowest BCUT2D eigenvalue weighted by Crippen LogP contribution is -2.22. The van der Waals surface area contributed by atoms with Crippen molar-refractivity contribution in [1.82, 2.24) is 30.0 Å². The SMILES string of the molecule is CC(C)(C)n1cc(-c2cc(F)c(F)c(F)c2)nn1.CC(C)(C)n1cc(-c2cccc(F)c2)nn1. The van der Waals surface area contributed by atoms with Crippen molar-refractivity contribution < 1.29 is 17.6 Å². The lowest BCUT2D eigenvalue weighted by Gasteiger charge is -2.17. The molecule has 0 spiro atoms. The Kier molecular flexibility index (Phi) is 6.90. The molecule has 0 aliphatic carbocycles. The molecule has 0 atom stereocenters. The molecule has 0 fully saturated rings. The maximum atomic E-state index is 13.1. The molecule has 0 aliphatic rings. The Morgan fingerprint density at radius 3 is 1.53 bits per heavy atom. The third-order valence-corrected chi connectivity index (χ3v) is 4.76. The van der Waals surface area contributed by atoms with Crippen LogP contribution in [-0.4, -0.2) is 30.0 Å². The molecule has 10 heteroatoms. The van der Waals surface area contributed by atoms with E-state index in [9.17, 15) is 17.6 Å². The Hall–Kier alpha value is -3.56. The summed E-state index contributed by atoms with van der Waals surface area (Å²) in [6, 6.07) is 8.15. The third-order valence-electron chi connectivity index (χ3n) is 4.76. The minimum Gasteiger partial charge on any atom is -0.247 e. The average Bonchev–Trinajstić information content (AvgIpc) is 3.42. The molecular weight excluding hydrogens is 448 g/mol. The molecule has 0 aliphatic heterocycles.